The van der Waals surface area contributed by atoms with Gasteiger partial charge in [0, 0.05) is 13.7 Å². The SMILES string of the molecule is CCC(Nc1cnn(C)c(=O)c1Cl)C1CCCO1. The van der Waals surface area contributed by atoms with E-state index in [2.05, 4.69) is 17.3 Å². The topological polar surface area (TPSA) is 56.2 Å². The van der Waals surface area contributed by atoms with Gasteiger partial charge in [0.1, 0.15) is 5.02 Å². The van der Waals surface area contributed by atoms with Crippen LogP contribution >= 0.6 is 11.6 Å². The Morgan fingerprint density at radius 1 is 1.72 bits per heavy atom. The van der Waals surface area contributed by atoms with Crippen LogP contribution in [0.1, 0.15) is 26.2 Å². The number of ether oxygens (including phenoxy) is 1. The van der Waals surface area contributed by atoms with E-state index in [4.69, 9.17) is 16.3 Å². The molecule has 18 heavy (non-hydrogen) atoms. The normalized spacial score (nSPS) is 20.9. The molecule has 1 aromatic heterocycles. The summed E-state index contributed by atoms with van der Waals surface area (Å²) in [6.45, 7) is 2.90. The van der Waals surface area contributed by atoms with E-state index in [1.807, 2.05) is 0 Å². The second kappa shape index (κ2) is 5.71. The van der Waals surface area contributed by atoms with E-state index in [0.717, 1.165) is 25.9 Å². The van der Waals surface area contributed by atoms with Crippen molar-refractivity contribution in [3.8, 4) is 0 Å². The predicted molar refractivity (Wildman–Crippen MR) is 71.2 cm³/mol. The fourth-order valence-corrected chi connectivity index (χ4v) is 2.41. The molecule has 0 radical (unpaired) electrons. The molecule has 0 aromatic carbocycles. The molecule has 2 atom stereocenters. The number of nitrogens with zero attached hydrogens (tertiary/aromatic N) is 2. The molecule has 0 saturated carbocycles. The average Bonchev–Trinajstić information content (AvgIpc) is 2.89. The first-order valence-electron chi connectivity index (χ1n) is 6.23. The van der Waals surface area contributed by atoms with Crippen LogP contribution in [-0.4, -0.2) is 28.5 Å². The Morgan fingerprint density at radius 3 is 3.11 bits per heavy atom. The van der Waals surface area contributed by atoms with E-state index in [9.17, 15) is 4.79 Å². The zero-order valence-corrected chi connectivity index (χ0v) is 11.4. The average molecular weight is 272 g/mol. The molecule has 1 aromatic rings. The van der Waals surface area contributed by atoms with E-state index < -0.39 is 0 Å². The monoisotopic (exact) mass is 271 g/mol. The smallest absolute Gasteiger partial charge is 0.287 e. The number of anilines is 1. The first kappa shape index (κ1) is 13.4. The van der Waals surface area contributed by atoms with Crippen LogP contribution in [0.5, 0.6) is 0 Å². The highest BCUT2D eigenvalue weighted by molar-refractivity contribution is 6.32. The van der Waals surface area contributed by atoms with Crippen LogP contribution in [0, 0.1) is 0 Å². The van der Waals surface area contributed by atoms with Gasteiger partial charge in [0.2, 0.25) is 0 Å². The summed E-state index contributed by atoms with van der Waals surface area (Å²) in [6.07, 6.45) is 4.82. The Labute approximate surface area is 111 Å². The van der Waals surface area contributed by atoms with Gasteiger partial charge in [0.15, 0.2) is 0 Å². The van der Waals surface area contributed by atoms with Crippen molar-refractivity contribution < 1.29 is 4.74 Å². The van der Waals surface area contributed by atoms with Crippen molar-refractivity contribution in [2.24, 2.45) is 7.05 Å². The lowest BCUT2D eigenvalue weighted by molar-refractivity contribution is 0.0943. The molecular formula is C12H18ClN3O2. The summed E-state index contributed by atoms with van der Waals surface area (Å²) in [6, 6.07) is 0.166. The number of hydrogen-bond acceptors (Lipinski definition) is 4. The lowest BCUT2D eigenvalue weighted by atomic mass is 10.1. The van der Waals surface area contributed by atoms with Gasteiger partial charge in [-0.05, 0) is 19.3 Å². The molecule has 5 nitrogen and oxygen atoms in total. The molecule has 1 aliphatic heterocycles. The quantitative estimate of drug-likeness (QED) is 0.907. The minimum Gasteiger partial charge on any atom is -0.377 e. The highest BCUT2D eigenvalue weighted by Gasteiger charge is 2.25. The van der Waals surface area contributed by atoms with Gasteiger partial charge < -0.3 is 10.1 Å². The van der Waals surface area contributed by atoms with Crippen LogP contribution in [0.2, 0.25) is 5.02 Å². The van der Waals surface area contributed by atoms with Crippen molar-refractivity contribution in [1.82, 2.24) is 9.78 Å². The Balaban J connectivity index is 2.16. The summed E-state index contributed by atoms with van der Waals surface area (Å²) >= 11 is 6.03. The highest BCUT2D eigenvalue weighted by Crippen LogP contribution is 2.23. The number of rotatable bonds is 4. The molecular weight excluding hydrogens is 254 g/mol. The third kappa shape index (κ3) is 2.67. The third-order valence-electron chi connectivity index (χ3n) is 3.27. The maximum Gasteiger partial charge on any atom is 0.287 e. The lowest BCUT2D eigenvalue weighted by Crippen LogP contribution is -2.33. The predicted octanol–water partition coefficient (Wildman–Crippen LogP) is 1.80. The van der Waals surface area contributed by atoms with Gasteiger partial charge in [0.25, 0.3) is 5.56 Å². The second-order valence-corrected chi connectivity index (χ2v) is 4.89. The molecule has 1 fully saturated rings. The van der Waals surface area contributed by atoms with Crippen LogP contribution < -0.4 is 10.9 Å². The molecule has 1 saturated heterocycles. The van der Waals surface area contributed by atoms with E-state index in [1.54, 1.807) is 13.2 Å². The van der Waals surface area contributed by atoms with Crippen molar-refractivity contribution in [3.63, 3.8) is 0 Å². The summed E-state index contributed by atoms with van der Waals surface area (Å²) in [5.41, 5.74) is 0.297. The Morgan fingerprint density at radius 2 is 2.50 bits per heavy atom. The van der Waals surface area contributed by atoms with Crippen molar-refractivity contribution in [1.29, 1.82) is 0 Å². The number of aryl methyl sites for hydroxylation is 1. The van der Waals surface area contributed by atoms with E-state index >= 15 is 0 Å². The molecule has 2 unspecified atom stereocenters. The minimum atomic E-state index is -0.288. The molecule has 0 amide bonds. The molecule has 2 heterocycles. The van der Waals surface area contributed by atoms with Gasteiger partial charge in [-0.25, -0.2) is 4.68 Å². The maximum atomic E-state index is 11.7. The summed E-state index contributed by atoms with van der Waals surface area (Å²) < 4.78 is 6.89. The third-order valence-corrected chi connectivity index (χ3v) is 3.64. The number of nitrogens with one attached hydrogen (secondary N) is 1. The molecule has 6 heteroatoms. The van der Waals surface area contributed by atoms with Gasteiger partial charge >= 0.3 is 0 Å². The van der Waals surface area contributed by atoms with Crippen LogP contribution in [-0.2, 0) is 11.8 Å². The largest absolute Gasteiger partial charge is 0.377 e. The summed E-state index contributed by atoms with van der Waals surface area (Å²) in [5.74, 6) is 0. The molecule has 1 aliphatic rings. The number of hydrogen-bond donors (Lipinski definition) is 1. The summed E-state index contributed by atoms with van der Waals surface area (Å²) in [5, 5.41) is 7.43. The maximum absolute atomic E-state index is 11.7. The number of halogens is 1. The lowest BCUT2D eigenvalue weighted by Gasteiger charge is -2.24. The Bertz CT molecular complexity index is 469. The van der Waals surface area contributed by atoms with Crippen molar-refractivity contribution in [3.05, 3.63) is 21.6 Å². The van der Waals surface area contributed by atoms with Gasteiger partial charge in [-0.1, -0.05) is 18.5 Å². The van der Waals surface area contributed by atoms with Crippen molar-refractivity contribution in [2.75, 3.05) is 11.9 Å². The fourth-order valence-electron chi connectivity index (χ4n) is 2.19. The van der Waals surface area contributed by atoms with Crippen LogP contribution in [0.25, 0.3) is 0 Å². The van der Waals surface area contributed by atoms with Crippen molar-refractivity contribution in [2.45, 2.75) is 38.3 Å². The molecule has 0 bridgehead atoms. The van der Waals surface area contributed by atoms with Crippen molar-refractivity contribution >= 4 is 17.3 Å². The van der Waals surface area contributed by atoms with Crippen LogP contribution in [0.4, 0.5) is 5.69 Å². The Kier molecular flexibility index (Phi) is 4.24. The molecule has 0 spiro atoms. The first-order valence-corrected chi connectivity index (χ1v) is 6.61. The standard InChI is InChI=1S/C12H18ClN3O2/c1-3-8(10-5-4-6-18-10)15-9-7-14-16(2)12(17)11(9)13/h7-8,10,15H,3-6H2,1-2H3. The second-order valence-electron chi connectivity index (χ2n) is 4.51. The Hall–Kier alpha value is -1.07. The van der Waals surface area contributed by atoms with Gasteiger partial charge in [-0.2, -0.15) is 5.10 Å². The van der Waals surface area contributed by atoms with E-state index in [0.29, 0.717) is 5.69 Å². The van der Waals surface area contributed by atoms with Gasteiger partial charge in [-0.3, -0.25) is 4.79 Å². The van der Waals surface area contributed by atoms with Gasteiger partial charge in [0.05, 0.1) is 24.0 Å². The zero-order chi connectivity index (χ0) is 13.1. The fraction of sp³-hybridized carbons (Fsp3) is 0.667. The summed E-state index contributed by atoms with van der Waals surface area (Å²) in [7, 11) is 1.58. The first-order chi connectivity index (χ1) is 8.63. The minimum absolute atomic E-state index is 0.166. The zero-order valence-electron chi connectivity index (χ0n) is 10.6. The molecule has 0 aliphatic carbocycles. The van der Waals surface area contributed by atoms with E-state index in [-0.39, 0.29) is 22.7 Å². The summed E-state index contributed by atoms with van der Waals surface area (Å²) in [4.78, 5) is 11.7. The molecule has 1 N–H and O–H groups in total. The molecule has 2 rings (SSSR count). The van der Waals surface area contributed by atoms with Gasteiger partial charge in [-0.15, -0.1) is 0 Å². The number of aromatic nitrogens is 2. The van der Waals surface area contributed by atoms with E-state index in [1.165, 1.54) is 4.68 Å². The van der Waals surface area contributed by atoms with Crippen LogP contribution in [0.15, 0.2) is 11.0 Å². The van der Waals surface area contributed by atoms with Crippen LogP contribution in [0.3, 0.4) is 0 Å². The molecule has 100 valence electrons. The highest BCUT2D eigenvalue weighted by atomic mass is 35.5.